The van der Waals surface area contributed by atoms with E-state index < -0.39 is 123 Å². The van der Waals surface area contributed by atoms with Gasteiger partial charge >= 0.3 is 0 Å². The van der Waals surface area contributed by atoms with Crippen molar-refractivity contribution >= 4 is 0 Å². The summed E-state index contributed by atoms with van der Waals surface area (Å²) in [5.74, 6) is 0. The minimum Gasteiger partial charge on any atom is -0.394 e. The van der Waals surface area contributed by atoms with Crippen molar-refractivity contribution in [3.63, 3.8) is 0 Å². The van der Waals surface area contributed by atoms with Crippen molar-refractivity contribution in [2.45, 2.75) is 129 Å². The van der Waals surface area contributed by atoms with Gasteiger partial charge in [0.05, 0.1) is 36.9 Å². The zero-order chi connectivity index (χ0) is 30.9. The molecule has 3 heterocycles. The average molecular weight is 615 g/mol. The second-order valence-electron chi connectivity index (χ2n) is 11.5. The molecular weight excluding hydrogens is 567 g/mol. The molecule has 17 nitrogen and oxygen atoms in total. The fourth-order valence-corrected chi connectivity index (χ4v) is 5.85. The highest BCUT2D eigenvalue weighted by Crippen LogP contribution is 2.34. The van der Waals surface area contributed by atoms with E-state index in [1.165, 1.54) is 0 Å². The molecule has 4 rings (SSSR count). The van der Waals surface area contributed by atoms with Crippen LogP contribution in [0, 0.1) is 0 Å². The van der Waals surface area contributed by atoms with Gasteiger partial charge in [-0.3, -0.25) is 0 Å². The number of aliphatic hydroxyl groups excluding tert-OH is 5. The molecule has 3 saturated heterocycles. The van der Waals surface area contributed by atoms with Crippen LogP contribution in [0.1, 0.15) is 19.3 Å². The van der Waals surface area contributed by atoms with Crippen molar-refractivity contribution in [3.8, 4) is 0 Å². The fraction of sp³-hybridized carbons (Fsp3) is 1.00. The van der Waals surface area contributed by atoms with Gasteiger partial charge in [0.25, 0.3) is 0 Å². The topological polar surface area (TPSA) is 313 Å². The van der Waals surface area contributed by atoms with E-state index in [0.717, 1.165) is 0 Å². The highest BCUT2D eigenvalue weighted by Gasteiger charge is 2.53. The van der Waals surface area contributed by atoms with Gasteiger partial charge in [-0.25, -0.2) is 4.39 Å². The molecule has 18 atom stereocenters. The monoisotopic (exact) mass is 614 g/mol. The van der Waals surface area contributed by atoms with Crippen molar-refractivity contribution in [1.29, 1.82) is 0 Å². The molecule has 0 aromatic heterocycles. The third kappa shape index (κ3) is 7.05. The Morgan fingerprint density at radius 3 is 2.00 bits per heavy atom. The molecule has 1 unspecified atom stereocenters. The Labute approximate surface area is 242 Å². The molecule has 1 aliphatic carbocycles. The Balaban J connectivity index is 1.48. The number of hydrogen-bond donors (Lipinski definition) is 11. The van der Waals surface area contributed by atoms with E-state index in [1.54, 1.807) is 0 Å². The summed E-state index contributed by atoms with van der Waals surface area (Å²) in [5.41, 5.74) is 36.1. The normalized spacial score (nSPS) is 51.0. The van der Waals surface area contributed by atoms with Gasteiger partial charge in [0, 0.05) is 18.6 Å². The lowest BCUT2D eigenvalue weighted by molar-refractivity contribution is -0.290. The molecule has 1 saturated carbocycles. The second kappa shape index (κ2) is 14.6. The molecule has 0 aromatic carbocycles. The number of hydrogen-bond acceptors (Lipinski definition) is 17. The lowest BCUT2D eigenvalue weighted by Gasteiger charge is -2.46. The molecule has 18 heteroatoms. The highest BCUT2D eigenvalue weighted by molar-refractivity contribution is 5.01. The first-order chi connectivity index (χ1) is 19.9. The minimum absolute atomic E-state index is 0.146. The molecule has 42 heavy (non-hydrogen) atoms. The molecule has 0 aromatic rings. The number of alkyl halides is 1. The summed E-state index contributed by atoms with van der Waals surface area (Å²) >= 11 is 0. The lowest BCUT2D eigenvalue weighted by atomic mass is 9.84. The molecule has 0 radical (unpaired) electrons. The average Bonchev–Trinajstić information content (AvgIpc) is 3.27. The van der Waals surface area contributed by atoms with E-state index in [-0.39, 0.29) is 13.0 Å². The molecule has 4 aliphatic rings. The number of rotatable bonds is 10. The van der Waals surface area contributed by atoms with Gasteiger partial charge in [-0.15, -0.1) is 0 Å². The number of aliphatic hydroxyl groups is 5. The van der Waals surface area contributed by atoms with Crippen LogP contribution in [0.3, 0.4) is 0 Å². The second-order valence-corrected chi connectivity index (χ2v) is 11.5. The Bertz CT molecular complexity index is 859. The van der Waals surface area contributed by atoms with E-state index in [0.29, 0.717) is 12.8 Å². The SMILES string of the molecule is NC[C@@H]1OC(O[C@H]2[C@@H](O)[C@H](O[C@@H]3[C@@H](O)[C@H](N)C[C@H](N)[C@H]3O[C@H]3O[C@H]([C@@H](N)CF)CC[C@H]3N)O[C@@H]2CO)[C@H](N)[C@@H](O)[C@@H]1O. The quantitative estimate of drug-likeness (QED) is 0.109. The van der Waals surface area contributed by atoms with Gasteiger partial charge in [0.1, 0.15) is 55.5 Å². The first kappa shape index (κ1) is 34.1. The van der Waals surface area contributed by atoms with Gasteiger partial charge in [0.2, 0.25) is 0 Å². The third-order valence-electron chi connectivity index (χ3n) is 8.49. The van der Waals surface area contributed by atoms with Crippen molar-refractivity contribution < 1.29 is 58.3 Å². The lowest BCUT2D eigenvalue weighted by Crippen LogP contribution is -2.65. The summed E-state index contributed by atoms with van der Waals surface area (Å²) in [6, 6.07) is -4.31. The molecule has 0 amide bonds. The van der Waals surface area contributed by atoms with Crippen LogP contribution in [-0.2, 0) is 28.4 Å². The van der Waals surface area contributed by atoms with E-state index in [2.05, 4.69) is 0 Å². The zero-order valence-electron chi connectivity index (χ0n) is 23.2. The molecule has 246 valence electrons. The predicted molar refractivity (Wildman–Crippen MR) is 140 cm³/mol. The van der Waals surface area contributed by atoms with Crippen LogP contribution < -0.4 is 34.4 Å². The smallest absolute Gasteiger partial charge is 0.187 e. The van der Waals surface area contributed by atoms with Crippen molar-refractivity contribution in [1.82, 2.24) is 0 Å². The van der Waals surface area contributed by atoms with Crippen molar-refractivity contribution in [2.75, 3.05) is 19.8 Å². The van der Waals surface area contributed by atoms with Crippen LogP contribution in [0.4, 0.5) is 4.39 Å². The molecule has 0 bridgehead atoms. The standard InChI is InChI=1S/C24H47FN6O11/c25-4-10(30)11-2-1-7(27)22(37-11)40-19-9(29)3-8(28)15(33)21(19)42-24-18(36)20(13(6-32)39-24)41-23-14(31)17(35)16(34)12(5-26)38-23/h7-24,32-36H,1-6,26-31H2/t7-,8-,9+,10+,11+,12+,13-,14-,15+,16-,17-,18-,19-,20-,21-,22-,23?,24+/m1/s1. The van der Waals surface area contributed by atoms with Crippen LogP contribution in [0.5, 0.6) is 0 Å². The summed E-state index contributed by atoms with van der Waals surface area (Å²) in [6.45, 7) is -1.58. The van der Waals surface area contributed by atoms with Crippen LogP contribution in [0.2, 0.25) is 0 Å². The molecule has 4 fully saturated rings. The van der Waals surface area contributed by atoms with Gasteiger partial charge in [0.15, 0.2) is 18.9 Å². The number of halogens is 1. The minimum atomic E-state index is -1.57. The highest BCUT2D eigenvalue weighted by atomic mass is 19.1. The van der Waals surface area contributed by atoms with Crippen LogP contribution >= 0.6 is 0 Å². The largest absolute Gasteiger partial charge is 0.394 e. The zero-order valence-corrected chi connectivity index (χ0v) is 23.2. The van der Waals surface area contributed by atoms with Gasteiger partial charge in [-0.05, 0) is 19.3 Å². The summed E-state index contributed by atoms with van der Waals surface area (Å²) in [7, 11) is 0. The molecular formula is C24H47FN6O11. The maximum Gasteiger partial charge on any atom is 0.187 e. The van der Waals surface area contributed by atoms with Crippen LogP contribution in [0.25, 0.3) is 0 Å². The van der Waals surface area contributed by atoms with Crippen molar-refractivity contribution in [2.24, 2.45) is 34.4 Å². The fourth-order valence-electron chi connectivity index (χ4n) is 5.85. The Hall–Kier alpha value is -0.750. The first-order valence-electron chi connectivity index (χ1n) is 14.2. The summed E-state index contributed by atoms with van der Waals surface area (Å²) in [4.78, 5) is 0. The summed E-state index contributed by atoms with van der Waals surface area (Å²) < 4.78 is 48.3. The van der Waals surface area contributed by atoms with E-state index in [4.69, 9.17) is 62.8 Å². The van der Waals surface area contributed by atoms with E-state index in [9.17, 15) is 29.9 Å². The molecule has 3 aliphatic heterocycles. The van der Waals surface area contributed by atoms with Crippen LogP contribution in [-0.4, -0.2) is 155 Å². The van der Waals surface area contributed by atoms with Gasteiger partial charge in [-0.1, -0.05) is 0 Å². The van der Waals surface area contributed by atoms with Crippen molar-refractivity contribution in [3.05, 3.63) is 0 Å². The number of nitrogens with two attached hydrogens (primary N) is 6. The Morgan fingerprint density at radius 1 is 0.714 bits per heavy atom. The van der Waals surface area contributed by atoms with Crippen LogP contribution in [0.15, 0.2) is 0 Å². The molecule has 0 spiro atoms. The Morgan fingerprint density at radius 2 is 1.36 bits per heavy atom. The molecule has 17 N–H and O–H groups in total. The summed E-state index contributed by atoms with van der Waals surface area (Å²) in [5, 5.41) is 52.5. The predicted octanol–water partition coefficient (Wildman–Crippen LogP) is -6.50. The van der Waals surface area contributed by atoms with Gasteiger partial charge in [-0.2, -0.15) is 0 Å². The van der Waals surface area contributed by atoms with E-state index >= 15 is 0 Å². The number of ether oxygens (including phenoxy) is 6. The van der Waals surface area contributed by atoms with E-state index in [1.807, 2.05) is 0 Å². The Kier molecular flexibility index (Phi) is 11.8. The van der Waals surface area contributed by atoms with Gasteiger partial charge < -0.3 is 88.4 Å². The third-order valence-corrected chi connectivity index (χ3v) is 8.49. The summed E-state index contributed by atoms with van der Waals surface area (Å²) in [6.07, 6.45) is -15.0. The maximum absolute atomic E-state index is 13.2. The first-order valence-corrected chi connectivity index (χ1v) is 14.2. The maximum atomic E-state index is 13.2.